The van der Waals surface area contributed by atoms with Crippen LogP contribution in [-0.4, -0.2) is 42.1 Å². The Balaban J connectivity index is 3.59. The van der Waals surface area contributed by atoms with Crippen molar-refractivity contribution >= 4 is 12.0 Å². The third-order valence-corrected chi connectivity index (χ3v) is 2.14. The molecule has 0 bridgehead atoms. The van der Waals surface area contributed by atoms with Crippen molar-refractivity contribution < 1.29 is 14.7 Å². The van der Waals surface area contributed by atoms with Crippen molar-refractivity contribution in [3.8, 4) is 6.07 Å². The Labute approximate surface area is 94.8 Å². The van der Waals surface area contributed by atoms with Gasteiger partial charge in [-0.25, -0.2) is 4.79 Å². The molecule has 0 aliphatic carbocycles. The fraction of sp³-hybridized carbons (Fsp3) is 0.700. The number of unbranched alkanes of at least 4 members (excludes halogenated alkanes) is 2. The molecule has 2 amide bonds. The van der Waals surface area contributed by atoms with E-state index in [0.717, 1.165) is 17.7 Å². The minimum Gasteiger partial charge on any atom is -0.465 e. The third-order valence-electron chi connectivity index (χ3n) is 2.14. The summed E-state index contributed by atoms with van der Waals surface area (Å²) < 4.78 is 0. The average molecular weight is 227 g/mol. The minimum absolute atomic E-state index is 0.00730. The molecule has 0 spiro atoms. The van der Waals surface area contributed by atoms with Gasteiger partial charge in [0.1, 0.15) is 6.54 Å². The predicted molar refractivity (Wildman–Crippen MR) is 57.7 cm³/mol. The lowest BCUT2D eigenvalue weighted by Crippen LogP contribution is -2.30. The average Bonchev–Trinajstić information content (AvgIpc) is 2.26. The molecule has 90 valence electrons. The van der Waals surface area contributed by atoms with E-state index in [2.05, 4.69) is 5.32 Å². The smallest absolute Gasteiger partial charge is 0.408 e. The molecule has 0 saturated carbocycles. The van der Waals surface area contributed by atoms with Crippen molar-refractivity contribution in [2.24, 2.45) is 0 Å². The Bertz CT molecular complexity index is 273. The van der Waals surface area contributed by atoms with Crippen LogP contribution in [0.25, 0.3) is 0 Å². The molecule has 6 heteroatoms. The summed E-state index contributed by atoms with van der Waals surface area (Å²) in [6.45, 7) is 0.238. The monoisotopic (exact) mass is 227 g/mol. The Kier molecular flexibility index (Phi) is 7.59. The number of nitrogens with zero attached hydrogens (tertiary/aromatic N) is 2. The highest BCUT2D eigenvalue weighted by molar-refractivity contribution is 5.75. The molecule has 0 aromatic carbocycles. The number of nitriles is 1. The lowest BCUT2D eigenvalue weighted by Gasteiger charge is -2.14. The summed E-state index contributed by atoms with van der Waals surface area (Å²) in [5, 5.41) is 19.6. The zero-order valence-corrected chi connectivity index (χ0v) is 9.40. The second kappa shape index (κ2) is 8.53. The van der Waals surface area contributed by atoms with Crippen LogP contribution in [0.2, 0.25) is 0 Å². The molecule has 0 heterocycles. The zero-order valence-electron chi connectivity index (χ0n) is 9.40. The molecular formula is C10H17N3O3. The first-order chi connectivity index (χ1) is 7.61. The van der Waals surface area contributed by atoms with E-state index in [1.165, 1.54) is 0 Å². The fourth-order valence-corrected chi connectivity index (χ4v) is 1.22. The van der Waals surface area contributed by atoms with Gasteiger partial charge in [0.05, 0.1) is 6.07 Å². The predicted octanol–water partition coefficient (Wildman–Crippen LogP) is 0.796. The van der Waals surface area contributed by atoms with Gasteiger partial charge in [-0.2, -0.15) is 5.26 Å². The maximum absolute atomic E-state index is 10.9. The van der Waals surface area contributed by atoms with E-state index in [-0.39, 0.29) is 12.5 Å². The molecular weight excluding hydrogens is 210 g/mol. The number of carbonyl (C=O) groups excluding carboxylic acids is 1. The number of rotatable bonds is 7. The van der Waals surface area contributed by atoms with Crippen molar-refractivity contribution in [2.45, 2.75) is 25.7 Å². The van der Waals surface area contributed by atoms with Gasteiger partial charge in [-0.05, 0) is 12.8 Å². The molecule has 6 nitrogen and oxygen atoms in total. The van der Waals surface area contributed by atoms with E-state index in [1.807, 2.05) is 0 Å². The van der Waals surface area contributed by atoms with Crippen LogP contribution in [0.4, 0.5) is 4.79 Å². The van der Waals surface area contributed by atoms with Crippen LogP contribution in [0.3, 0.4) is 0 Å². The van der Waals surface area contributed by atoms with Crippen molar-refractivity contribution in [3.63, 3.8) is 0 Å². The van der Waals surface area contributed by atoms with Gasteiger partial charge in [0.2, 0.25) is 5.91 Å². The quantitative estimate of drug-likeness (QED) is 0.497. The van der Waals surface area contributed by atoms with Gasteiger partial charge in [0, 0.05) is 20.0 Å². The van der Waals surface area contributed by atoms with Gasteiger partial charge >= 0.3 is 6.09 Å². The molecule has 0 aromatic heterocycles. The summed E-state index contributed by atoms with van der Waals surface area (Å²) >= 11 is 0. The normalized spacial score (nSPS) is 9.25. The molecule has 0 atom stereocenters. The van der Waals surface area contributed by atoms with Crippen molar-refractivity contribution in [3.05, 3.63) is 0 Å². The minimum atomic E-state index is -1.08. The molecule has 0 aliphatic heterocycles. The fourth-order valence-electron chi connectivity index (χ4n) is 1.22. The Morgan fingerprint density at radius 3 is 2.56 bits per heavy atom. The lowest BCUT2D eigenvalue weighted by molar-refractivity contribution is -0.120. The molecule has 0 aliphatic rings. The Hall–Kier alpha value is -1.77. The van der Waals surface area contributed by atoms with Gasteiger partial charge in [-0.15, -0.1) is 0 Å². The molecule has 0 aromatic rings. The van der Waals surface area contributed by atoms with Gasteiger partial charge < -0.3 is 10.4 Å². The second-order valence-corrected chi connectivity index (χ2v) is 3.35. The van der Waals surface area contributed by atoms with Crippen molar-refractivity contribution in [1.82, 2.24) is 10.2 Å². The highest BCUT2D eigenvalue weighted by Gasteiger charge is 2.09. The summed E-state index contributed by atoms with van der Waals surface area (Å²) in [7, 11) is 1.58. The Morgan fingerprint density at radius 1 is 1.38 bits per heavy atom. The number of carbonyl (C=O) groups is 2. The maximum atomic E-state index is 10.9. The van der Waals surface area contributed by atoms with Gasteiger partial charge in [0.15, 0.2) is 0 Å². The van der Waals surface area contributed by atoms with Crippen LogP contribution in [-0.2, 0) is 4.79 Å². The molecule has 0 unspecified atom stereocenters. The van der Waals surface area contributed by atoms with Crippen LogP contribution < -0.4 is 5.32 Å². The van der Waals surface area contributed by atoms with Gasteiger partial charge in [0.25, 0.3) is 0 Å². The summed E-state index contributed by atoms with van der Waals surface area (Å²) in [5.74, 6) is -0.00730. The zero-order chi connectivity index (χ0) is 12.4. The van der Waals surface area contributed by atoms with Crippen LogP contribution in [0.1, 0.15) is 25.7 Å². The van der Waals surface area contributed by atoms with Gasteiger partial charge in [-0.1, -0.05) is 6.42 Å². The van der Waals surface area contributed by atoms with E-state index in [0.29, 0.717) is 19.4 Å². The molecule has 0 radical (unpaired) electrons. The molecule has 0 fully saturated rings. The first-order valence-corrected chi connectivity index (χ1v) is 5.17. The topological polar surface area (TPSA) is 93.4 Å². The summed E-state index contributed by atoms with van der Waals surface area (Å²) in [6.07, 6.45) is 1.57. The van der Waals surface area contributed by atoms with Gasteiger partial charge in [-0.3, -0.25) is 9.69 Å². The highest BCUT2D eigenvalue weighted by atomic mass is 16.4. The standard InChI is InChI=1S/C10H17N3O3/c1-12-9(14)5-3-2-4-7-13(8-6-11)10(15)16/h2-5,7-8H2,1H3,(H,12,14)(H,15,16). The van der Waals surface area contributed by atoms with Crippen LogP contribution in [0.5, 0.6) is 0 Å². The number of nitrogens with one attached hydrogen (secondary N) is 1. The first kappa shape index (κ1) is 14.2. The highest BCUT2D eigenvalue weighted by Crippen LogP contribution is 2.02. The summed E-state index contributed by atoms with van der Waals surface area (Å²) in [6, 6.07) is 1.80. The molecule has 0 saturated heterocycles. The van der Waals surface area contributed by atoms with E-state index in [4.69, 9.17) is 10.4 Å². The maximum Gasteiger partial charge on any atom is 0.408 e. The van der Waals surface area contributed by atoms with E-state index < -0.39 is 6.09 Å². The van der Waals surface area contributed by atoms with Crippen molar-refractivity contribution in [2.75, 3.05) is 20.1 Å². The molecule has 16 heavy (non-hydrogen) atoms. The molecule has 2 N–H and O–H groups in total. The number of carboxylic acid groups (broad SMARTS) is 1. The van der Waals surface area contributed by atoms with Crippen LogP contribution in [0.15, 0.2) is 0 Å². The number of hydrogen-bond acceptors (Lipinski definition) is 3. The van der Waals surface area contributed by atoms with Crippen LogP contribution in [0, 0.1) is 11.3 Å². The first-order valence-electron chi connectivity index (χ1n) is 5.17. The van der Waals surface area contributed by atoms with Crippen LogP contribution >= 0.6 is 0 Å². The largest absolute Gasteiger partial charge is 0.465 e. The lowest BCUT2D eigenvalue weighted by atomic mass is 10.2. The SMILES string of the molecule is CNC(=O)CCCCCN(CC#N)C(=O)O. The summed E-state index contributed by atoms with van der Waals surface area (Å²) in [5.41, 5.74) is 0. The number of hydrogen-bond donors (Lipinski definition) is 2. The van der Waals surface area contributed by atoms with E-state index in [1.54, 1.807) is 13.1 Å². The third kappa shape index (κ3) is 6.65. The van der Waals surface area contributed by atoms with Crippen molar-refractivity contribution in [1.29, 1.82) is 5.26 Å². The number of amides is 2. The Morgan fingerprint density at radius 2 is 2.06 bits per heavy atom. The summed E-state index contributed by atoms with van der Waals surface area (Å²) in [4.78, 5) is 22.5. The van der Waals surface area contributed by atoms with E-state index in [9.17, 15) is 9.59 Å². The van der Waals surface area contributed by atoms with E-state index >= 15 is 0 Å². The molecule has 0 rings (SSSR count). The second-order valence-electron chi connectivity index (χ2n) is 3.35.